The summed E-state index contributed by atoms with van der Waals surface area (Å²) in [6.07, 6.45) is 5.57. The summed E-state index contributed by atoms with van der Waals surface area (Å²) in [4.78, 5) is 12.5. The third kappa shape index (κ3) is 3.00. The highest BCUT2D eigenvalue weighted by Crippen LogP contribution is 2.38. The van der Waals surface area contributed by atoms with Crippen LogP contribution in [0.1, 0.15) is 51.3 Å². The van der Waals surface area contributed by atoms with Gasteiger partial charge in [-0.25, -0.2) is 0 Å². The van der Waals surface area contributed by atoms with Crippen LogP contribution in [-0.2, 0) is 4.79 Å². The lowest BCUT2D eigenvalue weighted by Gasteiger charge is -2.37. The Morgan fingerprint density at radius 1 is 1.58 bits per heavy atom. The quantitative estimate of drug-likeness (QED) is 0.878. The number of nitrogens with one attached hydrogen (secondary N) is 1. The summed E-state index contributed by atoms with van der Waals surface area (Å²) in [6.45, 7) is 4.60. The van der Waals surface area contributed by atoms with Gasteiger partial charge in [-0.15, -0.1) is 0 Å². The third-order valence-electron chi connectivity index (χ3n) is 4.42. The second kappa shape index (κ2) is 5.78. The van der Waals surface area contributed by atoms with Crippen LogP contribution in [0, 0.1) is 11.3 Å². The van der Waals surface area contributed by atoms with Crippen molar-refractivity contribution in [3.63, 3.8) is 0 Å². The van der Waals surface area contributed by atoms with E-state index in [1.807, 2.05) is 19.1 Å². The Kier molecular flexibility index (Phi) is 4.30. The van der Waals surface area contributed by atoms with Crippen LogP contribution in [0.3, 0.4) is 0 Å². The highest BCUT2D eigenvalue weighted by molar-refractivity contribution is 5.83. The average Bonchev–Trinajstić information content (AvgIpc) is 2.94. The van der Waals surface area contributed by atoms with E-state index in [-0.39, 0.29) is 17.4 Å². The summed E-state index contributed by atoms with van der Waals surface area (Å²) < 4.78 is 5.32. The van der Waals surface area contributed by atoms with Gasteiger partial charge in [0.25, 0.3) is 0 Å². The van der Waals surface area contributed by atoms with E-state index in [9.17, 15) is 4.79 Å². The van der Waals surface area contributed by atoms with Crippen molar-refractivity contribution < 1.29 is 9.21 Å². The van der Waals surface area contributed by atoms with Gasteiger partial charge in [0, 0.05) is 6.54 Å². The SMILES string of the molecule is CC1CCC(CN)(C(=O)N[C@H](C)c2ccco2)CC1. The first kappa shape index (κ1) is 14.1. The lowest BCUT2D eigenvalue weighted by atomic mass is 9.70. The highest BCUT2D eigenvalue weighted by Gasteiger charge is 2.40. The van der Waals surface area contributed by atoms with E-state index in [1.165, 1.54) is 0 Å². The van der Waals surface area contributed by atoms with Gasteiger partial charge in [0.15, 0.2) is 0 Å². The molecule has 3 N–H and O–H groups in total. The molecule has 1 amide bonds. The molecule has 0 saturated heterocycles. The molecule has 1 aliphatic carbocycles. The van der Waals surface area contributed by atoms with Gasteiger partial charge in [-0.3, -0.25) is 4.79 Å². The minimum atomic E-state index is -0.382. The van der Waals surface area contributed by atoms with Crippen LogP contribution < -0.4 is 11.1 Å². The monoisotopic (exact) mass is 264 g/mol. The van der Waals surface area contributed by atoms with E-state index in [4.69, 9.17) is 10.2 Å². The molecule has 4 heteroatoms. The fraction of sp³-hybridized carbons (Fsp3) is 0.667. The highest BCUT2D eigenvalue weighted by atomic mass is 16.3. The third-order valence-corrected chi connectivity index (χ3v) is 4.42. The fourth-order valence-electron chi connectivity index (χ4n) is 2.80. The number of carbonyl (C=O) groups is 1. The Hall–Kier alpha value is -1.29. The van der Waals surface area contributed by atoms with Gasteiger partial charge in [-0.05, 0) is 50.7 Å². The number of carbonyl (C=O) groups excluding carboxylic acids is 1. The van der Waals surface area contributed by atoms with E-state index in [0.717, 1.165) is 31.4 Å². The van der Waals surface area contributed by atoms with Crippen LogP contribution in [0.4, 0.5) is 0 Å². The minimum absolute atomic E-state index is 0.0748. The molecule has 2 rings (SSSR count). The van der Waals surface area contributed by atoms with Crippen molar-refractivity contribution in [1.29, 1.82) is 0 Å². The smallest absolute Gasteiger partial charge is 0.228 e. The van der Waals surface area contributed by atoms with Crippen LogP contribution in [-0.4, -0.2) is 12.5 Å². The van der Waals surface area contributed by atoms with E-state index in [0.29, 0.717) is 12.5 Å². The standard InChI is InChI=1S/C15H24N2O2/c1-11-5-7-15(10-16,8-6-11)14(18)17-12(2)13-4-3-9-19-13/h3-4,9,11-12H,5-8,10,16H2,1-2H3,(H,17,18)/t11?,12-,15?/m1/s1. The molecule has 0 bridgehead atoms. The van der Waals surface area contributed by atoms with Crippen LogP contribution >= 0.6 is 0 Å². The van der Waals surface area contributed by atoms with Gasteiger partial charge < -0.3 is 15.5 Å². The Balaban J connectivity index is 2.01. The lowest BCUT2D eigenvalue weighted by molar-refractivity contribution is -0.133. The molecule has 106 valence electrons. The largest absolute Gasteiger partial charge is 0.467 e. The lowest BCUT2D eigenvalue weighted by Crippen LogP contribution is -2.48. The van der Waals surface area contributed by atoms with Gasteiger partial charge in [0.1, 0.15) is 5.76 Å². The molecule has 0 spiro atoms. The molecule has 1 aliphatic rings. The summed E-state index contributed by atoms with van der Waals surface area (Å²) in [5, 5.41) is 3.05. The zero-order chi connectivity index (χ0) is 13.9. The zero-order valence-corrected chi connectivity index (χ0v) is 11.8. The molecule has 1 saturated carbocycles. The van der Waals surface area contributed by atoms with Crippen LogP contribution in [0.15, 0.2) is 22.8 Å². The molecule has 4 nitrogen and oxygen atoms in total. The molecule has 0 aliphatic heterocycles. The Labute approximate surface area is 114 Å². The number of nitrogens with two attached hydrogens (primary N) is 1. The van der Waals surface area contributed by atoms with Crippen molar-refractivity contribution in [2.24, 2.45) is 17.1 Å². The predicted molar refractivity (Wildman–Crippen MR) is 74.4 cm³/mol. The molecular formula is C15H24N2O2. The van der Waals surface area contributed by atoms with E-state index in [2.05, 4.69) is 12.2 Å². The molecule has 19 heavy (non-hydrogen) atoms. The van der Waals surface area contributed by atoms with Crippen molar-refractivity contribution in [1.82, 2.24) is 5.32 Å². The number of hydrogen-bond acceptors (Lipinski definition) is 3. The molecule has 0 aromatic carbocycles. The maximum Gasteiger partial charge on any atom is 0.228 e. The fourth-order valence-corrected chi connectivity index (χ4v) is 2.80. The van der Waals surface area contributed by atoms with Gasteiger partial charge in [0.2, 0.25) is 5.91 Å². The van der Waals surface area contributed by atoms with Crippen molar-refractivity contribution in [2.75, 3.05) is 6.54 Å². The summed E-state index contributed by atoms with van der Waals surface area (Å²) in [5.74, 6) is 1.56. The number of rotatable bonds is 4. The van der Waals surface area contributed by atoms with Crippen molar-refractivity contribution in [3.8, 4) is 0 Å². The Bertz CT molecular complexity index is 406. The van der Waals surface area contributed by atoms with E-state index in [1.54, 1.807) is 6.26 Å². The molecule has 1 aromatic rings. The van der Waals surface area contributed by atoms with Gasteiger partial charge in [0.05, 0.1) is 17.7 Å². The normalized spacial score (nSPS) is 28.9. The second-order valence-electron chi connectivity index (χ2n) is 5.88. The molecule has 1 heterocycles. The molecule has 0 radical (unpaired) electrons. The van der Waals surface area contributed by atoms with Crippen LogP contribution in [0.25, 0.3) is 0 Å². The van der Waals surface area contributed by atoms with E-state index >= 15 is 0 Å². The Morgan fingerprint density at radius 3 is 2.79 bits per heavy atom. The topological polar surface area (TPSA) is 68.3 Å². The summed E-state index contributed by atoms with van der Waals surface area (Å²) in [5.41, 5.74) is 5.51. The zero-order valence-electron chi connectivity index (χ0n) is 11.8. The molecule has 0 unspecified atom stereocenters. The second-order valence-corrected chi connectivity index (χ2v) is 5.88. The van der Waals surface area contributed by atoms with Gasteiger partial charge in [-0.1, -0.05) is 6.92 Å². The van der Waals surface area contributed by atoms with Gasteiger partial charge >= 0.3 is 0 Å². The number of amides is 1. The number of furan rings is 1. The molecular weight excluding hydrogens is 240 g/mol. The molecule has 1 fully saturated rings. The predicted octanol–water partition coefficient (Wildman–Crippen LogP) is 2.61. The first-order valence-corrected chi connectivity index (χ1v) is 7.12. The molecule has 1 atom stereocenters. The summed E-state index contributed by atoms with van der Waals surface area (Å²) in [7, 11) is 0. The van der Waals surface area contributed by atoms with Crippen LogP contribution in [0.2, 0.25) is 0 Å². The number of hydrogen-bond donors (Lipinski definition) is 2. The maximum absolute atomic E-state index is 12.5. The summed E-state index contributed by atoms with van der Waals surface area (Å²) >= 11 is 0. The first-order valence-electron chi connectivity index (χ1n) is 7.12. The minimum Gasteiger partial charge on any atom is -0.467 e. The maximum atomic E-state index is 12.5. The molecule has 1 aromatic heterocycles. The van der Waals surface area contributed by atoms with E-state index < -0.39 is 0 Å². The summed E-state index contributed by atoms with van der Waals surface area (Å²) in [6, 6.07) is 3.60. The Morgan fingerprint density at radius 2 is 2.26 bits per heavy atom. The van der Waals surface area contributed by atoms with Crippen molar-refractivity contribution >= 4 is 5.91 Å². The van der Waals surface area contributed by atoms with Crippen molar-refractivity contribution in [3.05, 3.63) is 24.2 Å². The van der Waals surface area contributed by atoms with Crippen molar-refractivity contribution in [2.45, 2.75) is 45.6 Å². The van der Waals surface area contributed by atoms with Crippen LogP contribution in [0.5, 0.6) is 0 Å². The first-order chi connectivity index (χ1) is 9.07. The average molecular weight is 264 g/mol. The van der Waals surface area contributed by atoms with Gasteiger partial charge in [-0.2, -0.15) is 0 Å².